The zero-order chi connectivity index (χ0) is 13.5. The molecule has 0 saturated carbocycles. The molecule has 2 fully saturated rings. The molecule has 0 radical (unpaired) electrons. The average molecular weight is 378 g/mol. The Hall–Kier alpha value is -1.21. The Labute approximate surface area is 131 Å². The number of halogens is 1. The van der Waals surface area contributed by atoms with Crippen molar-refractivity contribution < 1.29 is 0 Å². The summed E-state index contributed by atoms with van der Waals surface area (Å²) >= 11 is 2.31. The van der Waals surface area contributed by atoms with Gasteiger partial charge in [-0.05, 0) is 46.9 Å². The van der Waals surface area contributed by atoms with Gasteiger partial charge in [-0.15, -0.1) is 10.2 Å². The SMILES string of the molecule is Ic1ccc(-c2ccc(N3C[C@H]4CNC[C@H]43)nn2)cc1. The van der Waals surface area contributed by atoms with E-state index in [2.05, 4.69) is 79.4 Å². The molecule has 2 atom stereocenters. The van der Waals surface area contributed by atoms with E-state index in [0.29, 0.717) is 6.04 Å². The van der Waals surface area contributed by atoms with Crippen molar-refractivity contribution in [1.29, 1.82) is 0 Å². The van der Waals surface area contributed by atoms with E-state index in [1.807, 2.05) is 0 Å². The van der Waals surface area contributed by atoms with Crippen molar-refractivity contribution >= 4 is 28.4 Å². The van der Waals surface area contributed by atoms with Crippen molar-refractivity contribution in [2.75, 3.05) is 24.5 Å². The molecule has 4 nitrogen and oxygen atoms in total. The van der Waals surface area contributed by atoms with Crippen LogP contribution in [0, 0.1) is 9.49 Å². The molecule has 0 amide bonds. The maximum Gasteiger partial charge on any atom is 0.151 e. The second-order valence-electron chi connectivity index (χ2n) is 5.42. The van der Waals surface area contributed by atoms with Crippen LogP contribution in [-0.4, -0.2) is 35.9 Å². The topological polar surface area (TPSA) is 41.0 Å². The summed E-state index contributed by atoms with van der Waals surface area (Å²) in [5.41, 5.74) is 2.06. The van der Waals surface area contributed by atoms with Crippen molar-refractivity contribution in [2.45, 2.75) is 6.04 Å². The third-order valence-electron chi connectivity index (χ3n) is 4.22. The summed E-state index contributed by atoms with van der Waals surface area (Å²) in [5, 5.41) is 12.2. The molecule has 20 heavy (non-hydrogen) atoms. The van der Waals surface area contributed by atoms with Crippen molar-refractivity contribution in [3.05, 3.63) is 40.0 Å². The molecule has 1 N–H and O–H groups in total. The monoisotopic (exact) mass is 378 g/mol. The predicted molar refractivity (Wildman–Crippen MR) is 87.7 cm³/mol. The molecule has 2 saturated heterocycles. The molecule has 2 aliphatic heterocycles. The van der Waals surface area contributed by atoms with Gasteiger partial charge in [-0.25, -0.2) is 0 Å². The lowest BCUT2D eigenvalue weighted by molar-refractivity contribution is 0.361. The molecule has 4 rings (SSSR count). The Morgan fingerprint density at radius 1 is 1.05 bits per heavy atom. The first-order chi connectivity index (χ1) is 9.81. The molecule has 2 aromatic rings. The highest BCUT2D eigenvalue weighted by Gasteiger charge is 2.42. The highest BCUT2D eigenvalue weighted by Crippen LogP contribution is 2.32. The summed E-state index contributed by atoms with van der Waals surface area (Å²) in [6.07, 6.45) is 0. The van der Waals surface area contributed by atoms with Crippen LogP contribution in [0.15, 0.2) is 36.4 Å². The zero-order valence-corrected chi connectivity index (χ0v) is 13.1. The van der Waals surface area contributed by atoms with Gasteiger partial charge in [0.05, 0.1) is 5.69 Å². The zero-order valence-electron chi connectivity index (χ0n) is 11.0. The highest BCUT2D eigenvalue weighted by atomic mass is 127. The summed E-state index contributed by atoms with van der Waals surface area (Å²) in [6.45, 7) is 3.33. The van der Waals surface area contributed by atoms with Crippen molar-refractivity contribution in [3.63, 3.8) is 0 Å². The molecule has 102 valence electrons. The first-order valence-corrected chi connectivity index (χ1v) is 7.96. The Kier molecular flexibility index (Phi) is 3.11. The van der Waals surface area contributed by atoms with E-state index in [0.717, 1.165) is 42.6 Å². The number of nitrogens with zero attached hydrogens (tertiary/aromatic N) is 3. The van der Waals surface area contributed by atoms with Crippen LogP contribution in [0.3, 0.4) is 0 Å². The average Bonchev–Trinajstić information content (AvgIpc) is 2.82. The fourth-order valence-electron chi connectivity index (χ4n) is 3.04. The molecule has 3 heterocycles. The van der Waals surface area contributed by atoms with E-state index in [9.17, 15) is 0 Å². The minimum atomic E-state index is 0.619. The fourth-order valence-corrected chi connectivity index (χ4v) is 3.40. The number of fused-ring (bicyclic) bond motifs is 1. The van der Waals surface area contributed by atoms with Gasteiger partial charge in [0.15, 0.2) is 5.82 Å². The van der Waals surface area contributed by atoms with Crippen LogP contribution >= 0.6 is 22.6 Å². The molecular weight excluding hydrogens is 363 g/mol. The number of hydrogen-bond donors (Lipinski definition) is 1. The third kappa shape index (κ3) is 2.09. The van der Waals surface area contributed by atoms with E-state index in [1.165, 1.54) is 3.57 Å². The predicted octanol–water partition coefficient (Wildman–Crippen LogP) is 2.16. The molecule has 0 unspecified atom stereocenters. The summed E-state index contributed by atoms with van der Waals surface area (Å²) in [6, 6.07) is 13.1. The molecule has 1 aromatic carbocycles. The Bertz CT molecular complexity index is 611. The van der Waals surface area contributed by atoms with Gasteiger partial charge in [0.25, 0.3) is 0 Å². The number of nitrogens with one attached hydrogen (secondary N) is 1. The van der Waals surface area contributed by atoms with Gasteiger partial charge < -0.3 is 10.2 Å². The first-order valence-electron chi connectivity index (χ1n) is 6.88. The van der Waals surface area contributed by atoms with Crippen molar-refractivity contribution in [1.82, 2.24) is 15.5 Å². The largest absolute Gasteiger partial charge is 0.350 e. The summed E-state index contributed by atoms with van der Waals surface area (Å²) in [7, 11) is 0. The van der Waals surface area contributed by atoms with Gasteiger partial charge in [-0.3, -0.25) is 0 Å². The maximum atomic E-state index is 4.41. The van der Waals surface area contributed by atoms with Crippen LogP contribution < -0.4 is 10.2 Å². The van der Waals surface area contributed by atoms with Crippen LogP contribution in [0.25, 0.3) is 11.3 Å². The van der Waals surface area contributed by atoms with Crippen LogP contribution in [0.5, 0.6) is 0 Å². The minimum absolute atomic E-state index is 0.619. The van der Waals surface area contributed by atoms with Crippen LogP contribution in [0.4, 0.5) is 5.82 Å². The second kappa shape index (κ2) is 4.96. The van der Waals surface area contributed by atoms with Gasteiger partial charge in [0.1, 0.15) is 0 Å². The van der Waals surface area contributed by atoms with Gasteiger partial charge in [-0.2, -0.15) is 0 Å². The lowest BCUT2D eigenvalue weighted by Crippen LogP contribution is -2.56. The quantitative estimate of drug-likeness (QED) is 0.814. The summed E-state index contributed by atoms with van der Waals surface area (Å²) in [4.78, 5) is 2.36. The Balaban J connectivity index is 1.55. The van der Waals surface area contributed by atoms with Gasteiger partial charge in [-0.1, -0.05) is 12.1 Å². The molecule has 0 bridgehead atoms. The fraction of sp³-hybridized carbons (Fsp3) is 0.333. The Morgan fingerprint density at radius 3 is 2.60 bits per heavy atom. The molecule has 0 spiro atoms. The molecule has 1 aromatic heterocycles. The van der Waals surface area contributed by atoms with E-state index in [-0.39, 0.29) is 0 Å². The van der Waals surface area contributed by atoms with E-state index in [4.69, 9.17) is 0 Å². The summed E-state index contributed by atoms with van der Waals surface area (Å²) < 4.78 is 1.23. The maximum absolute atomic E-state index is 4.41. The second-order valence-corrected chi connectivity index (χ2v) is 6.67. The van der Waals surface area contributed by atoms with Gasteiger partial charge >= 0.3 is 0 Å². The van der Waals surface area contributed by atoms with E-state index in [1.54, 1.807) is 0 Å². The van der Waals surface area contributed by atoms with Gasteiger partial charge in [0.2, 0.25) is 0 Å². The smallest absolute Gasteiger partial charge is 0.151 e. The van der Waals surface area contributed by atoms with Gasteiger partial charge in [0, 0.05) is 40.7 Å². The van der Waals surface area contributed by atoms with Crippen LogP contribution in [0.1, 0.15) is 0 Å². The number of aromatic nitrogens is 2. The standard InChI is InChI=1S/C15H15IN4/c16-12-3-1-10(2-4-12)13-5-6-15(19-18-13)20-9-11-7-17-8-14(11)20/h1-6,11,14,17H,7-9H2/t11-,14-/m1/s1. The van der Waals surface area contributed by atoms with Crippen molar-refractivity contribution in [3.8, 4) is 11.3 Å². The highest BCUT2D eigenvalue weighted by molar-refractivity contribution is 14.1. The molecule has 2 aliphatic rings. The van der Waals surface area contributed by atoms with E-state index >= 15 is 0 Å². The number of hydrogen-bond acceptors (Lipinski definition) is 4. The van der Waals surface area contributed by atoms with Crippen LogP contribution in [-0.2, 0) is 0 Å². The number of rotatable bonds is 2. The Morgan fingerprint density at radius 2 is 1.90 bits per heavy atom. The molecular formula is C15H15IN4. The van der Waals surface area contributed by atoms with Crippen molar-refractivity contribution in [2.24, 2.45) is 5.92 Å². The third-order valence-corrected chi connectivity index (χ3v) is 4.94. The summed E-state index contributed by atoms with van der Waals surface area (Å²) in [5.74, 6) is 1.80. The molecule has 0 aliphatic carbocycles. The van der Waals surface area contributed by atoms with Crippen LogP contribution in [0.2, 0.25) is 0 Å². The lowest BCUT2D eigenvalue weighted by Gasteiger charge is -2.44. The minimum Gasteiger partial charge on any atom is -0.350 e. The lowest BCUT2D eigenvalue weighted by atomic mass is 9.92. The van der Waals surface area contributed by atoms with E-state index < -0.39 is 0 Å². The number of benzene rings is 1. The number of anilines is 1. The normalized spacial score (nSPS) is 24.4. The first kappa shape index (κ1) is 12.5. The molecule has 5 heteroatoms.